The molecule has 23 heavy (non-hydrogen) atoms. The van der Waals surface area contributed by atoms with Crippen molar-refractivity contribution in [1.29, 1.82) is 0 Å². The molecule has 1 heterocycles. The van der Waals surface area contributed by atoms with Crippen molar-refractivity contribution in [1.82, 2.24) is 4.98 Å². The standard InChI is InChI=1S/C19H21NO3/c1-4-22-18(21)14-5-8-17(20-12-14)23-16-7-6-15(11-13(16)2)19(3)9-10-19/h5-8,11-12H,4,9-10H2,1-3H3. The van der Waals surface area contributed by atoms with Gasteiger partial charge in [-0.25, -0.2) is 9.78 Å². The van der Waals surface area contributed by atoms with Crippen molar-refractivity contribution in [2.45, 2.75) is 39.0 Å². The number of hydrogen-bond donors (Lipinski definition) is 0. The molecule has 0 N–H and O–H groups in total. The number of esters is 1. The quantitative estimate of drug-likeness (QED) is 0.767. The Kier molecular flexibility index (Phi) is 4.07. The molecule has 4 heteroatoms. The number of ether oxygens (including phenoxy) is 2. The molecule has 2 aromatic rings. The maximum atomic E-state index is 11.6. The van der Waals surface area contributed by atoms with Gasteiger partial charge < -0.3 is 9.47 Å². The largest absolute Gasteiger partial charge is 0.462 e. The van der Waals surface area contributed by atoms with Gasteiger partial charge in [0.1, 0.15) is 5.75 Å². The van der Waals surface area contributed by atoms with Crippen LogP contribution >= 0.6 is 0 Å². The molecule has 0 bridgehead atoms. The smallest absolute Gasteiger partial charge is 0.339 e. The van der Waals surface area contributed by atoms with Crippen molar-refractivity contribution in [2.75, 3.05) is 6.61 Å². The van der Waals surface area contributed by atoms with Gasteiger partial charge >= 0.3 is 5.97 Å². The van der Waals surface area contributed by atoms with Gasteiger partial charge in [-0.15, -0.1) is 0 Å². The number of benzene rings is 1. The highest BCUT2D eigenvalue weighted by molar-refractivity contribution is 5.89. The van der Waals surface area contributed by atoms with Gasteiger partial charge in [0.05, 0.1) is 12.2 Å². The molecule has 3 rings (SSSR count). The van der Waals surface area contributed by atoms with E-state index in [1.807, 2.05) is 13.0 Å². The Morgan fingerprint density at radius 2 is 2.04 bits per heavy atom. The highest BCUT2D eigenvalue weighted by Crippen LogP contribution is 2.48. The Morgan fingerprint density at radius 3 is 2.61 bits per heavy atom. The second-order valence-corrected chi connectivity index (χ2v) is 6.25. The third kappa shape index (κ3) is 3.36. The fourth-order valence-electron chi connectivity index (χ4n) is 2.50. The van der Waals surface area contributed by atoms with Crippen LogP contribution in [-0.4, -0.2) is 17.6 Å². The topological polar surface area (TPSA) is 48.4 Å². The molecule has 1 aromatic carbocycles. The van der Waals surface area contributed by atoms with Crippen LogP contribution in [0.5, 0.6) is 11.6 Å². The summed E-state index contributed by atoms with van der Waals surface area (Å²) in [5.41, 5.74) is 3.23. The molecule has 1 aliphatic rings. The van der Waals surface area contributed by atoms with Gasteiger partial charge in [0.25, 0.3) is 0 Å². The predicted octanol–water partition coefficient (Wildman–Crippen LogP) is 4.41. The predicted molar refractivity (Wildman–Crippen MR) is 88.0 cm³/mol. The minimum absolute atomic E-state index is 0.349. The van der Waals surface area contributed by atoms with Crippen molar-refractivity contribution in [2.24, 2.45) is 0 Å². The molecular formula is C19H21NO3. The van der Waals surface area contributed by atoms with Gasteiger partial charge in [-0.2, -0.15) is 0 Å². The van der Waals surface area contributed by atoms with E-state index >= 15 is 0 Å². The maximum Gasteiger partial charge on any atom is 0.339 e. The summed E-state index contributed by atoms with van der Waals surface area (Å²) in [5.74, 6) is 0.880. The van der Waals surface area contributed by atoms with E-state index in [0.29, 0.717) is 23.5 Å². The summed E-state index contributed by atoms with van der Waals surface area (Å²) in [6.07, 6.45) is 3.98. The molecule has 1 fully saturated rings. The Hall–Kier alpha value is -2.36. The van der Waals surface area contributed by atoms with E-state index in [2.05, 4.69) is 24.0 Å². The molecule has 0 atom stereocenters. The second-order valence-electron chi connectivity index (χ2n) is 6.25. The molecule has 0 unspecified atom stereocenters. The summed E-state index contributed by atoms with van der Waals surface area (Å²) in [7, 11) is 0. The lowest BCUT2D eigenvalue weighted by Crippen LogP contribution is -2.05. The SMILES string of the molecule is CCOC(=O)c1ccc(Oc2ccc(C3(C)CC3)cc2C)nc1. The summed E-state index contributed by atoms with van der Waals surface area (Å²) in [5, 5.41) is 0. The van der Waals surface area contributed by atoms with Crippen LogP contribution in [0.25, 0.3) is 0 Å². The summed E-state index contributed by atoms with van der Waals surface area (Å²) in [6, 6.07) is 9.66. The van der Waals surface area contributed by atoms with Crippen LogP contribution in [0.15, 0.2) is 36.5 Å². The number of rotatable bonds is 5. The summed E-state index contributed by atoms with van der Waals surface area (Å²) < 4.78 is 10.8. The third-order valence-corrected chi connectivity index (χ3v) is 4.33. The van der Waals surface area contributed by atoms with Crippen LogP contribution in [0.3, 0.4) is 0 Å². The first-order valence-electron chi connectivity index (χ1n) is 7.94. The first-order chi connectivity index (χ1) is 11.0. The lowest BCUT2D eigenvalue weighted by molar-refractivity contribution is 0.0526. The van der Waals surface area contributed by atoms with Crippen molar-refractivity contribution in [3.05, 3.63) is 53.2 Å². The van der Waals surface area contributed by atoms with Crippen LogP contribution in [0.1, 0.15) is 48.2 Å². The van der Waals surface area contributed by atoms with E-state index in [1.165, 1.54) is 24.6 Å². The minimum atomic E-state index is -0.371. The van der Waals surface area contributed by atoms with E-state index in [9.17, 15) is 4.79 Å². The van der Waals surface area contributed by atoms with Gasteiger partial charge in [-0.1, -0.05) is 19.1 Å². The number of nitrogens with zero attached hydrogens (tertiary/aromatic N) is 1. The summed E-state index contributed by atoms with van der Waals surface area (Å²) >= 11 is 0. The zero-order chi connectivity index (χ0) is 16.4. The Morgan fingerprint density at radius 1 is 1.26 bits per heavy atom. The number of hydrogen-bond acceptors (Lipinski definition) is 4. The molecule has 0 radical (unpaired) electrons. The van der Waals surface area contributed by atoms with E-state index in [0.717, 1.165) is 11.3 Å². The molecule has 0 aliphatic heterocycles. The van der Waals surface area contributed by atoms with Crippen molar-refractivity contribution < 1.29 is 14.3 Å². The Bertz CT molecular complexity index is 718. The Balaban J connectivity index is 1.73. The average Bonchev–Trinajstić information content (AvgIpc) is 3.29. The number of carbonyl (C=O) groups excluding carboxylic acids is 1. The van der Waals surface area contributed by atoms with Gasteiger partial charge in [0.15, 0.2) is 0 Å². The second kappa shape index (κ2) is 6.03. The third-order valence-electron chi connectivity index (χ3n) is 4.33. The van der Waals surface area contributed by atoms with Crippen molar-refractivity contribution in [3.63, 3.8) is 0 Å². The summed E-state index contributed by atoms with van der Waals surface area (Å²) in [6.45, 7) is 6.45. The molecule has 4 nitrogen and oxygen atoms in total. The van der Waals surface area contributed by atoms with E-state index in [4.69, 9.17) is 9.47 Å². The van der Waals surface area contributed by atoms with Crippen LogP contribution in [0.4, 0.5) is 0 Å². The van der Waals surface area contributed by atoms with Crippen molar-refractivity contribution in [3.8, 4) is 11.6 Å². The first-order valence-corrected chi connectivity index (χ1v) is 7.94. The normalized spacial score (nSPS) is 15.1. The van der Waals surface area contributed by atoms with Crippen LogP contribution in [0.2, 0.25) is 0 Å². The summed E-state index contributed by atoms with van der Waals surface area (Å²) in [4.78, 5) is 15.8. The molecular weight excluding hydrogens is 290 g/mol. The first kappa shape index (κ1) is 15.5. The van der Waals surface area contributed by atoms with Gasteiger partial charge in [-0.3, -0.25) is 0 Å². The lowest BCUT2D eigenvalue weighted by Gasteiger charge is -2.13. The molecule has 0 saturated heterocycles. The zero-order valence-corrected chi connectivity index (χ0v) is 13.8. The number of aryl methyl sites for hydroxylation is 1. The van der Waals surface area contributed by atoms with Crippen LogP contribution in [0, 0.1) is 6.92 Å². The van der Waals surface area contributed by atoms with Crippen LogP contribution in [-0.2, 0) is 10.2 Å². The fourth-order valence-corrected chi connectivity index (χ4v) is 2.50. The van der Waals surface area contributed by atoms with E-state index < -0.39 is 0 Å². The molecule has 0 spiro atoms. The highest BCUT2D eigenvalue weighted by atomic mass is 16.5. The van der Waals surface area contributed by atoms with E-state index in [-0.39, 0.29) is 5.97 Å². The van der Waals surface area contributed by atoms with Crippen molar-refractivity contribution >= 4 is 5.97 Å². The number of carbonyl (C=O) groups is 1. The van der Waals surface area contributed by atoms with Gasteiger partial charge in [-0.05, 0) is 55.4 Å². The molecule has 0 amide bonds. The lowest BCUT2D eigenvalue weighted by atomic mass is 9.96. The average molecular weight is 311 g/mol. The Labute approximate surface area is 136 Å². The molecule has 120 valence electrons. The monoisotopic (exact) mass is 311 g/mol. The zero-order valence-electron chi connectivity index (χ0n) is 13.8. The van der Waals surface area contributed by atoms with Gasteiger partial charge in [0.2, 0.25) is 5.88 Å². The molecule has 1 aliphatic carbocycles. The van der Waals surface area contributed by atoms with Gasteiger partial charge in [0, 0.05) is 12.3 Å². The molecule has 1 saturated carbocycles. The molecule has 1 aromatic heterocycles. The van der Waals surface area contributed by atoms with Crippen LogP contribution < -0.4 is 4.74 Å². The van der Waals surface area contributed by atoms with E-state index in [1.54, 1.807) is 19.1 Å². The number of aromatic nitrogens is 1. The highest BCUT2D eigenvalue weighted by Gasteiger charge is 2.39. The number of pyridine rings is 1. The maximum absolute atomic E-state index is 11.6. The fraction of sp³-hybridized carbons (Fsp3) is 0.368. The minimum Gasteiger partial charge on any atom is -0.462 e.